The molecule has 5 heteroatoms. The summed E-state index contributed by atoms with van der Waals surface area (Å²) >= 11 is 0. The highest BCUT2D eigenvalue weighted by molar-refractivity contribution is 5.93. The van der Waals surface area contributed by atoms with Crippen LogP contribution in [-0.2, 0) is 9.59 Å². The van der Waals surface area contributed by atoms with Crippen molar-refractivity contribution in [2.24, 2.45) is 0 Å². The van der Waals surface area contributed by atoms with Crippen molar-refractivity contribution in [2.75, 3.05) is 19.6 Å². The van der Waals surface area contributed by atoms with Crippen LogP contribution >= 0.6 is 0 Å². The van der Waals surface area contributed by atoms with Crippen molar-refractivity contribution in [3.05, 3.63) is 12.2 Å². The topological polar surface area (TPSA) is 69.6 Å². The van der Waals surface area contributed by atoms with Crippen molar-refractivity contribution in [1.29, 1.82) is 0 Å². The van der Waals surface area contributed by atoms with Crippen LogP contribution < -0.4 is 5.32 Å². The summed E-state index contributed by atoms with van der Waals surface area (Å²) in [5.74, 6) is -1.40. The van der Waals surface area contributed by atoms with Crippen molar-refractivity contribution in [3.8, 4) is 0 Å². The summed E-state index contributed by atoms with van der Waals surface area (Å²) in [7, 11) is 0. The fraction of sp³-hybridized carbons (Fsp3) is 0.750. The predicted molar refractivity (Wildman–Crippen MR) is 81.0 cm³/mol. The summed E-state index contributed by atoms with van der Waals surface area (Å²) in [6.45, 7) is 2.89. The van der Waals surface area contributed by atoms with E-state index in [1.165, 1.54) is 38.5 Å². The maximum absolute atomic E-state index is 11.7. The van der Waals surface area contributed by atoms with Gasteiger partial charge in [-0.05, 0) is 38.8 Å². The number of carbonyl (C=O) groups excluding carboxylic acids is 1. The summed E-state index contributed by atoms with van der Waals surface area (Å²) in [5.41, 5.74) is 0.0887. The number of carbonyl (C=O) groups is 2. The van der Waals surface area contributed by atoms with Gasteiger partial charge in [0, 0.05) is 24.2 Å². The van der Waals surface area contributed by atoms with Crippen molar-refractivity contribution in [1.82, 2.24) is 10.2 Å². The Labute approximate surface area is 126 Å². The van der Waals surface area contributed by atoms with E-state index in [1.807, 2.05) is 0 Å². The van der Waals surface area contributed by atoms with Gasteiger partial charge in [0.15, 0.2) is 0 Å². The molecule has 1 aliphatic carbocycles. The molecule has 0 bridgehead atoms. The molecular formula is C16H26N2O3. The Morgan fingerprint density at radius 2 is 1.62 bits per heavy atom. The Bertz CT molecular complexity index is 394. The minimum Gasteiger partial charge on any atom is -0.478 e. The maximum Gasteiger partial charge on any atom is 0.328 e. The molecule has 21 heavy (non-hydrogen) atoms. The molecule has 0 radical (unpaired) electrons. The highest BCUT2D eigenvalue weighted by Crippen LogP contribution is 2.35. The Balaban J connectivity index is 1.96. The Morgan fingerprint density at radius 3 is 2.24 bits per heavy atom. The lowest BCUT2D eigenvalue weighted by atomic mass is 9.79. The molecule has 2 fully saturated rings. The summed E-state index contributed by atoms with van der Waals surface area (Å²) in [4.78, 5) is 24.7. The van der Waals surface area contributed by atoms with Crippen LogP contribution in [0.5, 0.6) is 0 Å². The zero-order valence-corrected chi connectivity index (χ0v) is 12.6. The molecule has 5 nitrogen and oxygen atoms in total. The summed E-state index contributed by atoms with van der Waals surface area (Å²) in [6, 6.07) is 0. The number of piperidine rings is 1. The number of aliphatic carboxylic acids is 1. The average molecular weight is 294 g/mol. The lowest BCUT2D eigenvalue weighted by molar-refractivity contribution is -0.131. The van der Waals surface area contributed by atoms with E-state index in [0.29, 0.717) is 6.54 Å². The summed E-state index contributed by atoms with van der Waals surface area (Å²) in [6.07, 6.45) is 11.8. The number of hydrogen-bond acceptors (Lipinski definition) is 3. The van der Waals surface area contributed by atoms with E-state index in [9.17, 15) is 9.59 Å². The first-order valence-corrected chi connectivity index (χ1v) is 8.06. The van der Waals surface area contributed by atoms with Crippen LogP contribution in [0.4, 0.5) is 0 Å². The molecule has 0 spiro atoms. The highest BCUT2D eigenvalue weighted by Gasteiger charge is 2.38. The quantitative estimate of drug-likeness (QED) is 0.760. The molecular weight excluding hydrogens is 268 g/mol. The SMILES string of the molecule is O=C(O)/C=C/C(=O)NCC1(N2CCCCC2)CCCCC1. The average Bonchev–Trinajstić information content (AvgIpc) is 2.52. The van der Waals surface area contributed by atoms with Crippen LogP contribution in [0, 0.1) is 0 Å². The van der Waals surface area contributed by atoms with E-state index in [-0.39, 0.29) is 11.4 Å². The molecule has 0 aromatic carbocycles. The Morgan fingerprint density at radius 1 is 1.00 bits per heavy atom. The largest absolute Gasteiger partial charge is 0.478 e. The fourth-order valence-corrected chi connectivity index (χ4v) is 3.64. The number of hydrogen-bond donors (Lipinski definition) is 2. The lowest BCUT2D eigenvalue weighted by Gasteiger charge is -2.48. The molecule has 1 aliphatic heterocycles. The van der Waals surface area contributed by atoms with E-state index in [4.69, 9.17) is 5.11 Å². The molecule has 2 rings (SSSR count). The monoisotopic (exact) mass is 294 g/mol. The zero-order valence-electron chi connectivity index (χ0n) is 12.6. The van der Waals surface area contributed by atoms with Gasteiger partial charge < -0.3 is 10.4 Å². The van der Waals surface area contributed by atoms with Gasteiger partial charge in [-0.25, -0.2) is 4.79 Å². The van der Waals surface area contributed by atoms with Gasteiger partial charge in [-0.2, -0.15) is 0 Å². The second kappa shape index (κ2) is 7.59. The number of carboxylic acid groups (broad SMARTS) is 1. The molecule has 118 valence electrons. The van der Waals surface area contributed by atoms with Crippen LogP contribution in [0.25, 0.3) is 0 Å². The molecule has 2 aliphatic rings. The van der Waals surface area contributed by atoms with Crippen molar-refractivity contribution in [3.63, 3.8) is 0 Å². The fourth-order valence-electron chi connectivity index (χ4n) is 3.64. The van der Waals surface area contributed by atoms with Gasteiger partial charge >= 0.3 is 5.97 Å². The van der Waals surface area contributed by atoms with E-state index >= 15 is 0 Å². The van der Waals surface area contributed by atoms with E-state index < -0.39 is 5.97 Å². The number of likely N-dealkylation sites (tertiary alicyclic amines) is 1. The van der Waals surface area contributed by atoms with Crippen LogP contribution in [0.3, 0.4) is 0 Å². The summed E-state index contributed by atoms with van der Waals surface area (Å²) < 4.78 is 0. The van der Waals surface area contributed by atoms with Gasteiger partial charge in [0.05, 0.1) is 0 Å². The van der Waals surface area contributed by atoms with Gasteiger partial charge in [-0.3, -0.25) is 9.69 Å². The van der Waals surface area contributed by atoms with Crippen molar-refractivity contribution >= 4 is 11.9 Å². The highest BCUT2D eigenvalue weighted by atomic mass is 16.4. The normalized spacial score (nSPS) is 23.0. The first-order valence-electron chi connectivity index (χ1n) is 8.06. The molecule has 0 atom stereocenters. The minimum absolute atomic E-state index is 0.0887. The predicted octanol–water partition coefficient (Wildman–Crippen LogP) is 1.93. The van der Waals surface area contributed by atoms with Crippen molar-refractivity contribution < 1.29 is 14.7 Å². The molecule has 0 aromatic rings. The number of nitrogens with zero attached hydrogens (tertiary/aromatic N) is 1. The Hall–Kier alpha value is -1.36. The standard InChI is InChI=1S/C16H26N2O3/c19-14(7-8-15(20)21)17-13-16(9-3-1-4-10-16)18-11-5-2-6-12-18/h7-8H,1-6,9-13H2,(H,17,19)(H,20,21)/b8-7+. The first kappa shape index (κ1) is 16.0. The third-order valence-electron chi connectivity index (χ3n) is 4.78. The molecule has 1 heterocycles. The van der Waals surface area contributed by atoms with Gasteiger partial charge in [0.25, 0.3) is 0 Å². The molecule has 1 amide bonds. The third-order valence-corrected chi connectivity index (χ3v) is 4.78. The maximum atomic E-state index is 11.7. The van der Waals surface area contributed by atoms with Gasteiger partial charge in [-0.1, -0.05) is 25.7 Å². The zero-order chi connectivity index (χ0) is 15.1. The lowest BCUT2D eigenvalue weighted by Crippen LogP contribution is -2.58. The molecule has 1 saturated heterocycles. The molecule has 1 saturated carbocycles. The van der Waals surface area contributed by atoms with E-state index in [0.717, 1.165) is 38.1 Å². The van der Waals surface area contributed by atoms with E-state index in [1.54, 1.807) is 0 Å². The van der Waals surface area contributed by atoms with Gasteiger partial charge in [0.1, 0.15) is 0 Å². The number of rotatable bonds is 5. The van der Waals surface area contributed by atoms with Crippen molar-refractivity contribution in [2.45, 2.75) is 56.9 Å². The van der Waals surface area contributed by atoms with Gasteiger partial charge in [0.2, 0.25) is 5.91 Å². The molecule has 2 N–H and O–H groups in total. The molecule has 0 unspecified atom stereocenters. The molecule has 0 aromatic heterocycles. The van der Waals surface area contributed by atoms with Crippen LogP contribution in [0.2, 0.25) is 0 Å². The number of amides is 1. The van der Waals surface area contributed by atoms with Crippen LogP contribution in [0.1, 0.15) is 51.4 Å². The second-order valence-corrected chi connectivity index (χ2v) is 6.22. The third kappa shape index (κ3) is 4.56. The van der Waals surface area contributed by atoms with Crippen LogP contribution in [-0.4, -0.2) is 47.1 Å². The minimum atomic E-state index is -1.09. The van der Waals surface area contributed by atoms with Gasteiger partial charge in [-0.15, -0.1) is 0 Å². The first-order chi connectivity index (χ1) is 10.1. The smallest absolute Gasteiger partial charge is 0.328 e. The van der Waals surface area contributed by atoms with Crippen LogP contribution in [0.15, 0.2) is 12.2 Å². The summed E-state index contributed by atoms with van der Waals surface area (Å²) in [5, 5.41) is 11.5. The Kier molecular flexibility index (Phi) is 5.79. The van der Waals surface area contributed by atoms with E-state index in [2.05, 4.69) is 10.2 Å². The number of nitrogens with one attached hydrogen (secondary N) is 1. The number of carboxylic acids is 1. The second-order valence-electron chi connectivity index (χ2n) is 6.22.